The van der Waals surface area contributed by atoms with E-state index in [0.717, 1.165) is 28.4 Å². The van der Waals surface area contributed by atoms with Gasteiger partial charge < -0.3 is 4.98 Å². The lowest BCUT2D eigenvalue weighted by Gasteiger charge is -2.10. The van der Waals surface area contributed by atoms with Crippen LogP contribution in [-0.4, -0.2) is 14.6 Å². The number of aromatic nitrogens is 3. The molecule has 132 valence electrons. The summed E-state index contributed by atoms with van der Waals surface area (Å²) in [7, 11) is 0. The van der Waals surface area contributed by atoms with E-state index >= 15 is 0 Å². The summed E-state index contributed by atoms with van der Waals surface area (Å²) in [6, 6.07) is 9.76. The van der Waals surface area contributed by atoms with Gasteiger partial charge in [0.25, 0.3) is 0 Å². The predicted molar refractivity (Wildman–Crippen MR) is 99.6 cm³/mol. The average Bonchev–Trinajstić information content (AvgIpc) is 2.95. The first kappa shape index (κ1) is 15.7. The normalized spacial score (nSPS) is 13.2. The zero-order valence-corrected chi connectivity index (χ0v) is 14.0. The Morgan fingerprint density at radius 3 is 2.78 bits per heavy atom. The van der Waals surface area contributed by atoms with E-state index in [4.69, 9.17) is 0 Å². The summed E-state index contributed by atoms with van der Waals surface area (Å²) in [6.45, 7) is 0. The van der Waals surface area contributed by atoms with Crippen molar-refractivity contribution in [3.8, 4) is 0 Å². The van der Waals surface area contributed by atoms with E-state index < -0.39 is 17.2 Å². The van der Waals surface area contributed by atoms with E-state index in [0.29, 0.717) is 17.4 Å². The second-order valence-electron chi connectivity index (χ2n) is 6.46. The molecule has 5 rings (SSSR count). The van der Waals surface area contributed by atoms with Crippen molar-refractivity contribution in [2.24, 2.45) is 0 Å². The molecule has 0 fully saturated rings. The molecule has 1 N–H and O–H groups in total. The zero-order chi connectivity index (χ0) is 18.5. The van der Waals surface area contributed by atoms with Gasteiger partial charge in [0.2, 0.25) is 5.56 Å². The summed E-state index contributed by atoms with van der Waals surface area (Å²) in [6.07, 6.45) is 8.10. The summed E-state index contributed by atoms with van der Waals surface area (Å²) >= 11 is 0. The lowest BCUT2D eigenvalue weighted by molar-refractivity contribution is 0.515. The number of allylic oxidation sites excluding steroid dienone is 4. The van der Waals surface area contributed by atoms with E-state index in [2.05, 4.69) is 10.1 Å². The van der Waals surface area contributed by atoms with Gasteiger partial charge in [0, 0.05) is 35.2 Å². The molecule has 0 amide bonds. The second-order valence-corrected chi connectivity index (χ2v) is 6.46. The highest BCUT2D eigenvalue weighted by molar-refractivity contribution is 5.86. The topological polar surface area (TPSA) is 50.2 Å². The summed E-state index contributed by atoms with van der Waals surface area (Å²) in [5.41, 5.74) is 3.70. The fourth-order valence-corrected chi connectivity index (χ4v) is 3.48. The first-order chi connectivity index (χ1) is 13.1. The van der Waals surface area contributed by atoms with Gasteiger partial charge in [-0.25, -0.2) is 13.3 Å². The third-order valence-electron chi connectivity index (χ3n) is 4.83. The van der Waals surface area contributed by atoms with Gasteiger partial charge in [-0.1, -0.05) is 24.3 Å². The van der Waals surface area contributed by atoms with E-state index in [1.54, 1.807) is 4.52 Å². The molecule has 0 spiro atoms. The molecule has 1 aliphatic rings. The standard InChI is InChI=1S/C21H13F2N3O/c22-16-8-7-14-13(11-18(27)24-21(14)19(16)23)10-15-17-6-1-2-9-26(17)25-20(15)12-4-3-5-12/h1-9,11H,10H2,(H,24,27). The van der Waals surface area contributed by atoms with Crippen molar-refractivity contribution < 1.29 is 8.78 Å². The van der Waals surface area contributed by atoms with Crippen molar-refractivity contribution in [2.75, 3.05) is 0 Å². The molecule has 3 heterocycles. The third kappa shape index (κ3) is 2.41. The highest BCUT2D eigenvalue weighted by Crippen LogP contribution is 2.31. The van der Waals surface area contributed by atoms with Gasteiger partial charge in [-0.2, -0.15) is 5.10 Å². The highest BCUT2D eigenvalue weighted by Gasteiger charge is 2.19. The van der Waals surface area contributed by atoms with Gasteiger partial charge >= 0.3 is 0 Å². The number of nitrogens with one attached hydrogen (secondary N) is 1. The monoisotopic (exact) mass is 361 g/mol. The lowest BCUT2D eigenvalue weighted by atomic mass is 9.95. The summed E-state index contributed by atoms with van der Waals surface area (Å²) in [5.74, 6) is -2.03. The molecule has 0 atom stereocenters. The summed E-state index contributed by atoms with van der Waals surface area (Å²) in [4.78, 5) is 14.5. The molecule has 1 aromatic carbocycles. The predicted octanol–water partition coefficient (Wildman–Crippen LogP) is 4.00. The molecular formula is C21H13F2N3O. The first-order valence-corrected chi connectivity index (χ1v) is 8.47. The minimum atomic E-state index is -1.05. The number of hydrogen-bond acceptors (Lipinski definition) is 2. The maximum absolute atomic E-state index is 14.2. The van der Waals surface area contributed by atoms with Crippen LogP contribution in [-0.2, 0) is 6.42 Å². The number of pyridine rings is 2. The smallest absolute Gasteiger partial charge is 0.248 e. The van der Waals surface area contributed by atoms with Crippen molar-refractivity contribution in [2.45, 2.75) is 6.42 Å². The fraction of sp³-hybridized carbons (Fsp3) is 0.0476. The summed E-state index contributed by atoms with van der Waals surface area (Å²) < 4.78 is 29.6. The third-order valence-corrected chi connectivity index (χ3v) is 4.83. The Hall–Kier alpha value is -3.54. The quantitative estimate of drug-likeness (QED) is 0.600. The lowest BCUT2D eigenvalue weighted by Crippen LogP contribution is -2.09. The maximum Gasteiger partial charge on any atom is 0.248 e. The molecule has 0 radical (unpaired) electrons. The second kappa shape index (κ2) is 5.74. The number of halogens is 2. The minimum Gasteiger partial charge on any atom is -0.319 e. The van der Waals surface area contributed by atoms with Gasteiger partial charge in [-0.05, 0) is 29.8 Å². The molecular weight excluding hydrogens is 348 g/mol. The Bertz CT molecular complexity index is 1350. The molecule has 0 bridgehead atoms. The Morgan fingerprint density at radius 1 is 1.15 bits per heavy atom. The van der Waals surface area contributed by atoms with Crippen LogP contribution >= 0.6 is 0 Å². The highest BCUT2D eigenvalue weighted by atomic mass is 19.2. The van der Waals surface area contributed by atoms with E-state index in [-0.39, 0.29) is 5.52 Å². The van der Waals surface area contributed by atoms with Crippen LogP contribution in [0.25, 0.3) is 22.0 Å². The van der Waals surface area contributed by atoms with E-state index in [1.165, 1.54) is 12.1 Å². The summed E-state index contributed by atoms with van der Waals surface area (Å²) in [5, 5.41) is 5.12. The van der Waals surface area contributed by atoms with Crippen molar-refractivity contribution in [3.05, 3.63) is 99.6 Å². The largest absolute Gasteiger partial charge is 0.319 e. The molecule has 0 saturated heterocycles. The SMILES string of the molecule is O=c1cc(Cc2c(C3=CC=C3)nn3ccccc23)c2ccc(F)c(F)c2[nH]1. The van der Waals surface area contributed by atoms with Crippen LogP contribution in [0.3, 0.4) is 0 Å². The molecule has 0 saturated carbocycles. The molecule has 3 aromatic heterocycles. The van der Waals surface area contributed by atoms with Crippen LogP contribution < -0.4 is 5.56 Å². The van der Waals surface area contributed by atoms with Crippen LogP contribution in [0.2, 0.25) is 0 Å². The van der Waals surface area contributed by atoms with Crippen LogP contribution in [0.1, 0.15) is 16.8 Å². The average molecular weight is 361 g/mol. The van der Waals surface area contributed by atoms with Gasteiger partial charge in [0.05, 0.1) is 16.7 Å². The molecule has 4 nitrogen and oxygen atoms in total. The number of rotatable bonds is 3. The molecule has 4 aromatic rings. The van der Waals surface area contributed by atoms with Crippen LogP contribution in [0.15, 0.2) is 65.6 Å². The molecule has 1 aliphatic carbocycles. The number of nitrogens with zero attached hydrogens (tertiary/aromatic N) is 2. The Morgan fingerprint density at radius 2 is 2.00 bits per heavy atom. The molecule has 0 unspecified atom stereocenters. The molecule has 27 heavy (non-hydrogen) atoms. The Labute approximate surface area is 152 Å². The minimum absolute atomic E-state index is 0.113. The fourth-order valence-electron chi connectivity index (χ4n) is 3.48. The number of aromatic amines is 1. The van der Waals surface area contributed by atoms with E-state index in [9.17, 15) is 13.6 Å². The molecule has 6 heteroatoms. The van der Waals surface area contributed by atoms with Crippen LogP contribution in [0.4, 0.5) is 8.78 Å². The van der Waals surface area contributed by atoms with Crippen LogP contribution in [0, 0.1) is 11.6 Å². The van der Waals surface area contributed by atoms with E-state index in [1.807, 2.05) is 42.6 Å². The Kier molecular flexibility index (Phi) is 3.33. The first-order valence-electron chi connectivity index (χ1n) is 8.47. The number of hydrogen-bond donors (Lipinski definition) is 1. The van der Waals surface area contributed by atoms with Gasteiger partial charge in [0.15, 0.2) is 11.6 Å². The van der Waals surface area contributed by atoms with Gasteiger partial charge in [-0.3, -0.25) is 4.79 Å². The van der Waals surface area contributed by atoms with Crippen molar-refractivity contribution in [1.82, 2.24) is 14.6 Å². The van der Waals surface area contributed by atoms with Crippen molar-refractivity contribution in [3.63, 3.8) is 0 Å². The van der Waals surface area contributed by atoms with Crippen molar-refractivity contribution >= 4 is 22.0 Å². The zero-order valence-electron chi connectivity index (χ0n) is 14.0. The van der Waals surface area contributed by atoms with Gasteiger partial charge in [0.1, 0.15) is 0 Å². The van der Waals surface area contributed by atoms with Crippen molar-refractivity contribution in [1.29, 1.82) is 0 Å². The maximum atomic E-state index is 14.2. The number of benzene rings is 1. The van der Waals surface area contributed by atoms with Crippen LogP contribution in [0.5, 0.6) is 0 Å². The molecule has 0 aliphatic heterocycles. The Balaban J connectivity index is 1.75. The number of fused-ring (bicyclic) bond motifs is 2. The van der Waals surface area contributed by atoms with Gasteiger partial charge in [-0.15, -0.1) is 0 Å². The number of H-pyrrole nitrogens is 1.